The number of halogens is 1. The van der Waals surface area contributed by atoms with E-state index in [2.05, 4.69) is 5.43 Å². The Morgan fingerprint density at radius 2 is 2.15 bits per heavy atom. The number of thiophene rings is 1. The van der Waals surface area contributed by atoms with Gasteiger partial charge in [0.1, 0.15) is 10.7 Å². The first-order valence-electron chi connectivity index (χ1n) is 6.27. The predicted molar refractivity (Wildman–Crippen MR) is 76.1 cm³/mol. The van der Waals surface area contributed by atoms with E-state index in [0.29, 0.717) is 41.3 Å². The van der Waals surface area contributed by atoms with Gasteiger partial charge in [-0.1, -0.05) is 6.07 Å². The molecule has 0 aliphatic carbocycles. The van der Waals surface area contributed by atoms with Gasteiger partial charge in [0, 0.05) is 17.8 Å². The summed E-state index contributed by atoms with van der Waals surface area (Å²) < 4.78 is 19.6. The van der Waals surface area contributed by atoms with Crippen LogP contribution in [0.15, 0.2) is 18.2 Å². The third-order valence-corrected chi connectivity index (χ3v) is 4.35. The highest BCUT2D eigenvalue weighted by Gasteiger charge is 2.21. The number of rotatable bonds is 2. The van der Waals surface area contributed by atoms with Crippen molar-refractivity contribution in [2.24, 2.45) is 0 Å². The number of hydrazine groups is 1. The van der Waals surface area contributed by atoms with Crippen LogP contribution in [0.1, 0.15) is 9.67 Å². The summed E-state index contributed by atoms with van der Waals surface area (Å²) in [6, 6.07) is 4.71. The Balaban J connectivity index is 1.87. The molecule has 1 fully saturated rings. The second-order valence-corrected chi connectivity index (χ2v) is 5.55. The van der Waals surface area contributed by atoms with Crippen molar-refractivity contribution in [3.63, 3.8) is 0 Å². The van der Waals surface area contributed by atoms with Crippen molar-refractivity contribution in [2.45, 2.75) is 0 Å². The minimum Gasteiger partial charge on any atom is -0.397 e. The third-order valence-electron chi connectivity index (χ3n) is 3.18. The molecular formula is C13H14FN3O2S. The molecule has 106 valence electrons. The van der Waals surface area contributed by atoms with Crippen LogP contribution in [0.5, 0.6) is 0 Å². The minimum atomic E-state index is -0.401. The highest BCUT2D eigenvalue weighted by atomic mass is 32.1. The molecule has 1 aliphatic heterocycles. The topological polar surface area (TPSA) is 67.6 Å². The van der Waals surface area contributed by atoms with E-state index in [0.717, 1.165) is 0 Å². The molecule has 20 heavy (non-hydrogen) atoms. The van der Waals surface area contributed by atoms with Crippen molar-refractivity contribution < 1.29 is 13.9 Å². The van der Waals surface area contributed by atoms with Crippen molar-refractivity contribution >= 4 is 33.0 Å². The Bertz CT molecular complexity index is 652. The van der Waals surface area contributed by atoms with Gasteiger partial charge in [-0.25, -0.2) is 9.40 Å². The Hall–Kier alpha value is -1.70. The molecule has 0 bridgehead atoms. The molecule has 7 heteroatoms. The van der Waals surface area contributed by atoms with Crippen LogP contribution in [0.3, 0.4) is 0 Å². The zero-order valence-corrected chi connectivity index (χ0v) is 11.5. The van der Waals surface area contributed by atoms with Crippen molar-refractivity contribution in [1.29, 1.82) is 0 Å². The van der Waals surface area contributed by atoms with Gasteiger partial charge in [-0.05, 0) is 12.1 Å². The highest BCUT2D eigenvalue weighted by molar-refractivity contribution is 7.21. The quantitative estimate of drug-likeness (QED) is 0.883. The number of ether oxygens (including phenoxy) is 1. The molecule has 2 heterocycles. The molecular weight excluding hydrogens is 281 g/mol. The molecule has 1 aromatic heterocycles. The third kappa shape index (κ3) is 2.35. The Morgan fingerprint density at radius 3 is 2.85 bits per heavy atom. The lowest BCUT2D eigenvalue weighted by Crippen LogP contribution is -2.48. The van der Waals surface area contributed by atoms with Gasteiger partial charge in [-0.15, -0.1) is 11.3 Å². The first kappa shape index (κ1) is 13.3. The smallest absolute Gasteiger partial charge is 0.277 e. The number of nitrogens with one attached hydrogen (secondary N) is 1. The fourth-order valence-electron chi connectivity index (χ4n) is 2.17. The SMILES string of the molecule is Nc1c(C(=O)NN2CCOCC2)sc2cccc(F)c12. The molecule has 1 saturated heterocycles. The first-order valence-corrected chi connectivity index (χ1v) is 7.08. The van der Waals surface area contributed by atoms with E-state index < -0.39 is 5.82 Å². The normalized spacial score (nSPS) is 16.4. The lowest BCUT2D eigenvalue weighted by molar-refractivity contribution is 0.0128. The van der Waals surface area contributed by atoms with Gasteiger partial charge in [-0.2, -0.15) is 0 Å². The summed E-state index contributed by atoms with van der Waals surface area (Å²) in [4.78, 5) is 12.6. The summed E-state index contributed by atoms with van der Waals surface area (Å²) in [5, 5.41) is 2.11. The van der Waals surface area contributed by atoms with E-state index in [1.165, 1.54) is 17.4 Å². The first-order chi connectivity index (χ1) is 9.66. The van der Waals surface area contributed by atoms with Gasteiger partial charge in [0.25, 0.3) is 5.91 Å². The zero-order chi connectivity index (χ0) is 14.1. The van der Waals surface area contributed by atoms with Crippen LogP contribution >= 0.6 is 11.3 Å². The van der Waals surface area contributed by atoms with Crippen molar-refractivity contribution in [1.82, 2.24) is 10.4 Å². The van der Waals surface area contributed by atoms with Crippen molar-refractivity contribution in [2.75, 3.05) is 32.0 Å². The molecule has 3 N–H and O–H groups in total. The Morgan fingerprint density at radius 1 is 1.40 bits per heavy atom. The lowest BCUT2D eigenvalue weighted by Gasteiger charge is -2.26. The van der Waals surface area contributed by atoms with Gasteiger partial charge in [0.15, 0.2) is 0 Å². The van der Waals surface area contributed by atoms with Crippen molar-refractivity contribution in [3.05, 3.63) is 28.9 Å². The number of carbonyl (C=O) groups is 1. The maximum atomic E-state index is 13.8. The van der Waals surface area contributed by atoms with E-state index in [9.17, 15) is 9.18 Å². The molecule has 0 radical (unpaired) electrons. The highest BCUT2D eigenvalue weighted by Crippen LogP contribution is 2.35. The number of anilines is 1. The van der Waals surface area contributed by atoms with Crippen LogP contribution in [0.2, 0.25) is 0 Å². The number of nitrogens with two attached hydrogens (primary N) is 1. The molecule has 0 unspecified atom stereocenters. The van der Waals surface area contributed by atoms with E-state index in [-0.39, 0.29) is 11.6 Å². The second-order valence-electron chi connectivity index (χ2n) is 4.50. The number of nitrogen functional groups attached to an aromatic ring is 1. The number of fused-ring (bicyclic) bond motifs is 1. The largest absolute Gasteiger partial charge is 0.397 e. The van der Waals surface area contributed by atoms with E-state index >= 15 is 0 Å². The van der Waals surface area contributed by atoms with Gasteiger partial charge < -0.3 is 10.5 Å². The maximum Gasteiger partial charge on any atom is 0.277 e. The van der Waals surface area contributed by atoms with Crippen molar-refractivity contribution in [3.8, 4) is 0 Å². The minimum absolute atomic E-state index is 0.203. The van der Waals surface area contributed by atoms with Gasteiger partial charge in [-0.3, -0.25) is 10.2 Å². The van der Waals surface area contributed by atoms with Gasteiger partial charge in [0.05, 0.1) is 24.3 Å². The summed E-state index contributed by atoms with van der Waals surface area (Å²) >= 11 is 1.20. The summed E-state index contributed by atoms with van der Waals surface area (Å²) in [6.45, 7) is 2.42. The molecule has 3 rings (SSSR count). The van der Waals surface area contributed by atoms with Crippen LogP contribution in [0.4, 0.5) is 10.1 Å². The predicted octanol–water partition coefficient (Wildman–Crippen LogP) is 1.60. The maximum absolute atomic E-state index is 13.8. The van der Waals surface area contributed by atoms with E-state index in [1.807, 2.05) is 0 Å². The van der Waals surface area contributed by atoms with E-state index in [1.54, 1.807) is 17.1 Å². The van der Waals surface area contributed by atoms with E-state index in [4.69, 9.17) is 10.5 Å². The fourth-order valence-corrected chi connectivity index (χ4v) is 3.19. The monoisotopic (exact) mass is 295 g/mol. The van der Waals surface area contributed by atoms with Gasteiger partial charge >= 0.3 is 0 Å². The molecule has 5 nitrogen and oxygen atoms in total. The molecule has 1 amide bonds. The standard InChI is InChI=1S/C13H14FN3O2S/c14-8-2-1-3-9-10(8)11(15)12(20-9)13(18)16-17-4-6-19-7-5-17/h1-3H,4-7,15H2,(H,16,18). The number of carbonyl (C=O) groups excluding carboxylic acids is 1. The second kappa shape index (κ2) is 5.35. The number of benzene rings is 1. The number of amides is 1. The van der Waals surface area contributed by atoms with Crippen LogP contribution in [0.25, 0.3) is 10.1 Å². The van der Waals surface area contributed by atoms with Crippen LogP contribution < -0.4 is 11.2 Å². The van der Waals surface area contributed by atoms with Crippen LogP contribution in [-0.2, 0) is 4.74 Å². The Labute approximate surface area is 119 Å². The Kier molecular flexibility index (Phi) is 3.56. The number of morpholine rings is 1. The number of hydrogen-bond donors (Lipinski definition) is 2. The molecule has 0 spiro atoms. The average Bonchev–Trinajstić information content (AvgIpc) is 2.79. The van der Waals surface area contributed by atoms with Crippen LogP contribution in [-0.4, -0.2) is 37.2 Å². The number of nitrogens with zero attached hydrogens (tertiary/aromatic N) is 1. The summed E-state index contributed by atoms with van der Waals surface area (Å²) in [5.41, 5.74) is 8.89. The summed E-state index contributed by atoms with van der Waals surface area (Å²) in [6.07, 6.45) is 0. The molecule has 0 atom stereocenters. The van der Waals surface area contributed by atoms with Crippen LogP contribution in [0, 0.1) is 5.82 Å². The average molecular weight is 295 g/mol. The fraction of sp³-hybridized carbons (Fsp3) is 0.308. The molecule has 2 aromatic rings. The summed E-state index contributed by atoms with van der Waals surface area (Å²) in [5.74, 6) is -0.702. The molecule has 0 saturated carbocycles. The van der Waals surface area contributed by atoms with Gasteiger partial charge in [0.2, 0.25) is 0 Å². The molecule has 1 aliphatic rings. The lowest BCUT2D eigenvalue weighted by atomic mass is 10.2. The summed E-state index contributed by atoms with van der Waals surface area (Å²) in [7, 11) is 0. The zero-order valence-electron chi connectivity index (χ0n) is 10.7. The number of hydrogen-bond acceptors (Lipinski definition) is 5. The molecule has 1 aromatic carbocycles.